The summed E-state index contributed by atoms with van der Waals surface area (Å²) >= 11 is 0. The molecule has 3 N–H and O–H groups in total. The molecule has 32 heavy (non-hydrogen) atoms. The third-order valence-electron chi connectivity index (χ3n) is 5.18. The Hall–Kier alpha value is -2.81. The van der Waals surface area contributed by atoms with E-state index >= 15 is 0 Å². The van der Waals surface area contributed by atoms with Crippen molar-refractivity contribution in [3.8, 4) is 0 Å². The van der Waals surface area contributed by atoms with E-state index in [1.165, 1.54) is 0 Å². The predicted molar refractivity (Wildman–Crippen MR) is 119 cm³/mol. The van der Waals surface area contributed by atoms with Crippen molar-refractivity contribution in [3.63, 3.8) is 0 Å². The number of alkyl carbamates (subject to hydrolysis) is 2. The highest BCUT2D eigenvalue weighted by Crippen LogP contribution is 2.22. The van der Waals surface area contributed by atoms with Gasteiger partial charge < -0.3 is 30.1 Å². The van der Waals surface area contributed by atoms with Gasteiger partial charge >= 0.3 is 18.2 Å². The lowest BCUT2D eigenvalue weighted by molar-refractivity contribution is -0.140. The van der Waals surface area contributed by atoms with Crippen LogP contribution in [0.15, 0.2) is 30.3 Å². The van der Waals surface area contributed by atoms with Gasteiger partial charge in [-0.25, -0.2) is 14.4 Å². The van der Waals surface area contributed by atoms with E-state index in [-0.39, 0.29) is 12.5 Å². The minimum Gasteiger partial charge on any atom is -0.480 e. The Balaban J connectivity index is 1.63. The van der Waals surface area contributed by atoms with Gasteiger partial charge in [0, 0.05) is 13.1 Å². The quantitative estimate of drug-likeness (QED) is 0.530. The normalized spacial score (nSPS) is 16.1. The van der Waals surface area contributed by atoms with Crippen LogP contribution in [0.2, 0.25) is 0 Å². The van der Waals surface area contributed by atoms with Gasteiger partial charge in [-0.15, -0.1) is 0 Å². The summed E-state index contributed by atoms with van der Waals surface area (Å²) in [6.45, 7) is 8.23. The van der Waals surface area contributed by atoms with Gasteiger partial charge in [-0.3, -0.25) is 0 Å². The molecular formula is C23H35N3O6. The molecule has 9 heteroatoms. The van der Waals surface area contributed by atoms with Crippen LogP contribution in [0, 0.1) is 5.92 Å². The van der Waals surface area contributed by atoms with Gasteiger partial charge in [0.2, 0.25) is 0 Å². The molecule has 2 amide bonds. The Morgan fingerprint density at radius 3 is 2.38 bits per heavy atom. The summed E-state index contributed by atoms with van der Waals surface area (Å²) in [5.41, 5.74) is 0.256. The van der Waals surface area contributed by atoms with E-state index in [1.54, 1.807) is 20.8 Å². The molecule has 1 saturated heterocycles. The van der Waals surface area contributed by atoms with E-state index in [2.05, 4.69) is 15.5 Å². The van der Waals surface area contributed by atoms with E-state index in [4.69, 9.17) is 9.47 Å². The monoisotopic (exact) mass is 449 g/mol. The standard InChI is InChI=1S/C23H35N3O6/c1-23(2,3)32-22(30)25-19(20(27)28)15-17-9-12-26(13-10-17)14-11-24-21(29)31-16-18-7-5-4-6-8-18/h4-8,17,19H,9-16H2,1-3H3,(H,24,29)(H,25,30)(H,27,28)/t19-/m0/s1. The number of carbonyl (C=O) groups excluding carboxylic acids is 2. The molecule has 1 heterocycles. The van der Waals surface area contributed by atoms with Gasteiger partial charge in [0.1, 0.15) is 18.2 Å². The summed E-state index contributed by atoms with van der Waals surface area (Å²) in [5, 5.41) is 14.7. The van der Waals surface area contributed by atoms with Crippen molar-refractivity contribution in [1.29, 1.82) is 0 Å². The molecule has 1 aromatic rings. The van der Waals surface area contributed by atoms with Gasteiger partial charge in [-0.2, -0.15) is 0 Å². The van der Waals surface area contributed by atoms with E-state index in [9.17, 15) is 19.5 Å². The molecule has 9 nitrogen and oxygen atoms in total. The van der Waals surface area contributed by atoms with Crippen LogP contribution in [0.1, 0.15) is 45.6 Å². The van der Waals surface area contributed by atoms with Crippen molar-refractivity contribution in [3.05, 3.63) is 35.9 Å². The number of aliphatic carboxylic acids is 1. The molecular weight excluding hydrogens is 414 g/mol. The lowest BCUT2D eigenvalue weighted by Crippen LogP contribution is -2.46. The number of hydrogen-bond donors (Lipinski definition) is 3. The molecule has 0 spiro atoms. The molecule has 1 atom stereocenters. The van der Waals surface area contributed by atoms with Crippen LogP contribution in [0.5, 0.6) is 0 Å². The number of rotatable bonds is 9. The van der Waals surface area contributed by atoms with Crippen molar-refractivity contribution in [2.45, 2.75) is 58.3 Å². The van der Waals surface area contributed by atoms with E-state index in [1.807, 2.05) is 30.3 Å². The van der Waals surface area contributed by atoms with Gasteiger partial charge in [0.15, 0.2) is 0 Å². The third-order valence-corrected chi connectivity index (χ3v) is 5.18. The number of carbonyl (C=O) groups is 3. The van der Waals surface area contributed by atoms with Crippen LogP contribution in [0.4, 0.5) is 9.59 Å². The number of carboxylic acids is 1. The summed E-state index contributed by atoms with van der Waals surface area (Å²) in [6, 6.07) is 8.53. The largest absolute Gasteiger partial charge is 0.480 e. The highest BCUT2D eigenvalue weighted by atomic mass is 16.6. The predicted octanol–water partition coefficient (Wildman–Crippen LogP) is 2.99. The lowest BCUT2D eigenvalue weighted by atomic mass is 9.90. The highest BCUT2D eigenvalue weighted by molar-refractivity contribution is 5.80. The Labute approximate surface area is 189 Å². The number of nitrogens with one attached hydrogen (secondary N) is 2. The molecule has 0 aliphatic carbocycles. The molecule has 2 rings (SSSR count). The second-order valence-electron chi connectivity index (χ2n) is 9.05. The summed E-state index contributed by atoms with van der Waals surface area (Å²) in [4.78, 5) is 37.5. The molecule has 0 bridgehead atoms. The van der Waals surface area contributed by atoms with E-state index < -0.39 is 29.8 Å². The number of likely N-dealkylation sites (tertiary alicyclic amines) is 1. The zero-order chi connectivity index (χ0) is 23.6. The summed E-state index contributed by atoms with van der Waals surface area (Å²) in [5.74, 6) is -0.859. The van der Waals surface area contributed by atoms with Crippen molar-refractivity contribution in [2.75, 3.05) is 26.2 Å². The Bertz CT molecular complexity index is 742. The summed E-state index contributed by atoms with van der Waals surface area (Å²) in [6.07, 6.45) is 0.872. The van der Waals surface area contributed by atoms with Gasteiger partial charge in [0.05, 0.1) is 0 Å². The zero-order valence-corrected chi connectivity index (χ0v) is 19.1. The number of ether oxygens (including phenoxy) is 2. The van der Waals surface area contributed by atoms with Crippen molar-refractivity contribution >= 4 is 18.2 Å². The fraction of sp³-hybridized carbons (Fsp3) is 0.609. The molecule has 0 saturated carbocycles. The average Bonchev–Trinajstić information content (AvgIpc) is 2.72. The topological polar surface area (TPSA) is 117 Å². The van der Waals surface area contributed by atoms with Crippen LogP contribution < -0.4 is 10.6 Å². The van der Waals surface area contributed by atoms with Crippen molar-refractivity contribution in [1.82, 2.24) is 15.5 Å². The molecule has 0 aromatic heterocycles. The van der Waals surface area contributed by atoms with Crippen LogP contribution in [0.25, 0.3) is 0 Å². The SMILES string of the molecule is CC(C)(C)OC(=O)N[C@@H](CC1CCN(CCNC(=O)OCc2ccccc2)CC1)C(=O)O. The molecule has 1 fully saturated rings. The number of carboxylic acid groups (broad SMARTS) is 1. The molecule has 178 valence electrons. The van der Waals surface area contributed by atoms with Crippen LogP contribution in [-0.2, 0) is 20.9 Å². The summed E-state index contributed by atoms with van der Waals surface area (Å²) < 4.78 is 10.4. The number of benzene rings is 1. The first-order valence-electron chi connectivity index (χ1n) is 11.0. The van der Waals surface area contributed by atoms with Crippen LogP contribution in [-0.4, -0.2) is 66.0 Å². The molecule has 0 radical (unpaired) electrons. The van der Waals surface area contributed by atoms with Crippen LogP contribution >= 0.6 is 0 Å². The van der Waals surface area contributed by atoms with Gasteiger partial charge in [0.25, 0.3) is 0 Å². The number of nitrogens with zero attached hydrogens (tertiary/aromatic N) is 1. The Morgan fingerprint density at radius 2 is 1.78 bits per heavy atom. The third kappa shape index (κ3) is 10.00. The minimum atomic E-state index is -1.06. The van der Waals surface area contributed by atoms with E-state index in [0.29, 0.717) is 19.5 Å². The second kappa shape index (κ2) is 12.3. The molecule has 0 unspecified atom stereocenters. The maximum Gasteiger partial charge on any atom is 0.408 e. The first kappa shape index (κ1) is 25.5. The molecule has 1 aliphatic rings. The highest BCUT2D eigenvalue weighted by Gasteiger charge is 2.28. The summed E-state index contributed by atoms with van der Waals surface area (Å²) in [7, 11) is 0. The first-order valence-corrected chi connectivity index (χ1v) is 11.0. The average molecular weight is 450 g/mol. The molecule has 1 aliphatic heterocycles. The number of hydrogen-bond acceptors (Lipinski definition) is 6. The van der Waals surface area contributed by atoms with Crippen molar-refractivity contribution < 1.29 is 29.0 Å². The van der Waals surface area contributed by atoms with Gasteiger partial charge in [-0.1, -0.05) is 30.3 Å². The second-order valence-corrected chi connectivity index (χ2v) is 9.05. The Kier molecular flexibility index (Phi) is 9.77. The fourth-order valence-electron chi connectivity index (χ4n) is 3.54. The van der Waals surface area contributed by atoms with E-state index in [0.717, 1.165) is 31.5 Å². The zero-order valence-electron chi connectivity index (χ0n) is 19.1. The number of piperidine rings is 1. The fourth-order valence-corrected chi connectivity index (χ4v) is 3.54. The Morgan fingerprint density at radius 1 is 1.12 bits per heavy atom. The maximum atomic E-state index is 11.9. The van der Waals surface area contributed by atoms with Gasteiger partial charge in [-0.05, 0) is 64.6 Å². The minimum absolute atomic E-state index is 0.200. The van der Waals surface area contributed by atoms with Crippen molar-refractivity contribution in [2.24, 2.45) is 5.92 Å². The smallest absolute Gasteiger partial charge is 0.408 e. The number of amides is 2. The maximum absolute atomic E-state index is 11.9. The van der Waals surface area contributed by atoms with Crippen LogP contribution in [0.3, 0.4) is 0 Å². The first-order chi connectivity index (χ1) is 15.1. The molecule has 1 aromatic carbocycles. The lowest BCUT2D eigenvalue weighted by Gasteiger charge is -2.33.